The van der Waals surface area contributed by atoms with Crippen molar-refractivity contribution in [2.75, 3.05) is 37.6 Å². The summed E-state index contributed by atoms with van der Waals surface area (Å²) in [6.45, 7) is 3.30. The third-order valence-electron chi connectivity index (χ3n) is 6.96. The number of hydrogen-bond acceptors (Lipinski definition) is 4. The molecular formula is C24H35N3O4S. The summed E-state index contributed by atoms with van der Waals surface area (Å²) >= 11 is 0. The van der Waals surface area contributed by atoms with Gasteiger partial charge in [0.1, 0.15) is 0 Å². The highest BCUT2D eigenvalue weighted by Gasteiger charge is 2.30. The Morgan fingerprint density at radius 3 is 2.00 bits per heavy atom. The summed E-state index contributed by atoms with van der Waals surface area (Å²) in [5, 5.41) is 0. The molecule has 176 valence electrons. The van der Waals surface area contributed by atoms with Gasteiger partial charge in [-0.3, -0.25) is 9.59 Å². The molecule has 1 aromatic carbocycles. The second kappa shape index (κ2) is 10.3. The van der Waals surface area contributed by atoms with E-state index < -0.39 is 10.0 Å². The zero-order valence-corrected chi connectivity index (χ0v) is 19.7. The minimum atomic E-state index is -3.50. The molecule has 0 aliphatic carbocycles. The number of nitrogens with zero attached hydrogens (tertiary/aromatic N) is 3. The van der Waals surface area contributed by atoms with Crippen LogP contribution in [0.25, 0.3) is 0 Å². The highest BCUT2D eigenvalue weighted by molar-refractivity contribution is 7.89. The largest absolute Gasteiger partial charge is 0.343 e. The van der Waals surface area contributed by atoms with Crippen LogP contribution in [-0.4, -0.2) is 62.2 Å². The van der Waals surface area contributed by atoms with Crippen LogP contribution in [0.2, 0.25) is 0 Å². The van der Waals surface area contributed by atoms with Gasteiger partial charge in [0.25, 0.3) is 0 Å². The number of hydrogen-bond donors (Lipinski definition) is 0. The summed E-state index contributed by atoms with van der Waals surface area (Å²) in [7, 11) is -3.50. The van der Waals surface area contributed by atoms with Crippen molar-refractivity contribution < 1.29 is 18.0 Å². The summed E-state index contributed by atoms with van der Waals surface area (Å²) in [6, 6.07) is 5.14. The van der Waals surface area contributed by atoms with Crippen LogP contribution in [0.1, 0.15) is 69.8 Å². The Morgan fingerprint density at radius 1 is 0.750 bits per heavy atom. The van der Waals surface area contributed by atoms with Crippen molar-refractivity contribution in [3.8, 4) is 0 Å². The maximum Gasteiger partial charge on any atom is 0.243 e. The molecule has 3 heterocycles. The molecule has 2 saturated heterocycles. The molecule has 0 N–H and O–H groups in total. The molecular weight excluding hydrogens is 426 g/mol. The number of carbonyl (C=O) groups excluding carboxylic acids is 2. The fourth-order valence-corrected chi connectivity index (χ4v) is 6.62. The van der Waals surface area contributed by atoms with E-state index in [0.29, 0.717) is 31.0 Å². The van der Waals surface area contributed by atoms with Gasteiger partial charge in [-0.2, -0.15) is 4.31 Å². The van der Waals surface area contributed by atoms with Gasteiger partial charge in [0, 0.05) is 51.3 Å². The van der Waals surface area contributed by atoms with Crippen LogP contribution in [-0.2, 0) is 26.0 Å². The molecule has 0 radical (unpaired) electrons. The normalized spacial score (nSPS) is 20.5. The maximum absolute atomic E-state index is 13.1. The zero-order chi connectivity index (χ0) is 22.6. The predicted octanol–water partition coefficient (Wildman–Crippen LogP) is 3.32. The standard InChI is InChI=1S/C24H35N3O4S/c28-23(25-14-5-1-2-6-15-25)11-12-24(29)27-18-13-20-19-21(9-10-22(20)27)32(30,31)26-16-7-3-4-8-17-26/h9-10,19H,1-8,11-18H2. The topological polar surface area (TPSA) is 78.0 Å². The molecule has 0 spiro atoms. The van der Waals surface area contributed by atoms with Gasteiger partial charge < -0.3 is 9.80 Å². The first kappa shape index (κ1) is 23.2. The Hall–Kier alpha value is -1.93. The number of fused-ring (bicyclic) bond motifs is 1. The van der Waals surface area contributed by atoms with Crippen LogP contribution >= 0.6 is 0 Å². The van der Waals surface area contributed by atoms with Gasteiger partial charge in [0.05, 0.1) is 4.90 Å². The SMILES string of the molecule is O=C(CCC(=O)N1CCc2cc(S(=O)(=O)N3CCCCCC3)ccc21)N1CCCCCC1. The fourth-order valence-electron chi connectivity index (χ4n) is 5.06. The number of carbonyl (C=O) groups is 2. The molecule has 0 saturated carbocycles. The van der Waals surface area contributed by atoms with Gasteiger partial charge in [-0.15, -0.1) is 0 Å². The predicted molar refractivity (Wildman–Crippen MR) is 124 cm³/mol. The van der Waals surface area contributed by atoms with Crippen LogP contribution in [0.15, 0.2) is 23.1 Å². The number of sulfonamides is 1. The first-order valence-electron chi connectivity index (χ1n) is 12.2. The van der Waals surface area contributed by atoms with Crippen molar-refractivity contribution in [1.82, 2.24) is 9.21 Å². The highest BCUT2D eigenvalue weighted by Crippen LogP contribution is 2.32. The Bertz CT molecular complexity index is 931. The Labute approximate surface area is 191 Å². The van der Waals surface area contributed by atoms with E-state index in [4.69, 9.17) is 0 Å². The summed E-state index contributed by atoms with van der Waals surface area (Å²) in [5.74, 6) is 0.00797. The molecule has 3 aliphatic heterocycles. The minimum Gasteiger partial charge on any atom is -0.343 e. The van der Waals surface area contributed by atoms with Crippen LogP contribution < -0.4 is 4.90 Å². The Kier molecular flexibility index (Phi) is 7.51. The first-order chi connectivity index (χ1) is 15.5. The van der Waals surface area contributed by atoms with Gasteiger partial charge in [-0.25, -0.2) is 8.42 Å². The summed E-state index contributed by atoms with van der Waals surface area (Å²) in [6.07, 6.45) is 9.47. The molecule has 1 aromatic rings. The van der Waals surface area contributed by atoms with Gasteiger partial charge in [-0.05, 0) is 55.9 Å². The molecule has 4 rings (SSSR count). The maximum atomic E-state index is 13.1. The summed E-state index contributed by atoms with van der Waals surface area (Å²) in [5.41, 5.74) is 1.68. The average molecular weight is 462 g/mol. The van der Waals surface area contributed by atoms with Crippen molar-refractivity contribution in [2.45, 2.75) is 75.5 Å². The van der Waals surface area contributed by atoms with Crippen molar-refractivity contribution in [2.24, 2.45) is 0 Å². The Balaban J connectivity index is 1.39. The summed E-state index contributed by atoms with van der Waals surface area (Å²) < 4.78 is 27.8. The number of likely N-dealkylation sites (tertiary alicyclic amines) is 1. The van der Waals surface area contributed by atoms with E-state index in [0.717, 1.165) is 62.9 Å². The minimum absolute atomic E-state index is 0.0601. The second-order valence-corrected chi connectivity index (χ2v) is 11.1. The van der Waals surface area contributed by atoms with E-state index in [2.05, 4.69) is 0 Å². The van der Waals surface area contributed by atoms with Gasteiger partial charge in [0.15, 0.2) is 0 Å². The molecule has 2 amide bonds. The fraction of sp³-hybridized carbons (Fsp3) is 0.667. The lowest BCUT2D eigenvalue weighted by Crippen LogP contribution is -2.34. The van der Waals surface area contributed by atoms with Crippen molar-refractivity contribution in [3.05, 3.63) is 23.8 Å². The van der Waals surface area contributed by atoms with Gasteiger partial charge in [0.2, 0.25) is 21.8 Å². The zero-order valence-electron chi connectivity index (χ0n) is 18.9. The highest BCUT2D eigenvalue weighted by atomic mass is 32.2. The smallest absolute Gasteiger partial charge is 0.243 e. The van der Waals surface area contributed by atoms with Gasteiger partial charge in [-0.1, -0.05) is 25.7 Å². The number of anilines is 1. The number of rotatable bonds is 5. The van der Waals surface area contributed by atoms with E-state index in [9.17, 15) is 18.0 Å². The third kappa shape index (κ3) is 5.17. The number of benzene rings is 1. The Morgan fingerprint density at radius 2 is 1.34 bits per heavy atom. The lowest BCUT2D eigenvalue weighted by molar-refractivity contribution is -0.133. The molecule has 0 atom stereocenters. The van der Waals surface area contributed by atoms with E-state index >= 15 is 0 Å². The lowest BCUT2D eigenvalue weighted by Gasteiger charge is -2.22. The molecule has 32 heavy (non-hydrogen) atoms. The van der Waals surface area contributed by atoms with E-state index in [1.54, 1.807) is 27.4 Å². The van der Waals surface area contributed by atoms with E-state index in [1.807, 2.05) is 4.90 Å². The third-order valence-corrected chi connectivity index (χ3v) is 8.86. The first-order valence-corrected chi connectivity index (χ1v) is 13.6. The van der Waals surface area contributed by atoms with Gasteiger partial charge >= 0.3 is 0 Å². The number of amides is 2. The van der Waals surface area contributed by atoms with E-state index in [-0.39, 0.29) is 24.7 Å². The molecule has 3 aliphatic rings. The molecule has 2 fully saturated rings. The van der Waals surface area contributed by atoms with Crippen LogP contribution in [0.5, 0.6) is 0 Å². The molecule has 0 aromatic heterocycles. The molecule has 0 bridgehead atoms. The van der Waals surface area contributed by atoms with E-state index in [1.165, 1.54) is 12.8 Å². The second-order valence-electron chi connectivity index (χ2n) is 9.20. The molecule has 7 nitrogen and oxygen atoms in total. The summed E-state index contributed by atoms with van der Waals surface area (Å²) in [4.78, 5) is 29.3. The van der Waals surface area contributed by atoms with Crippen molar-refractivity contribution in [3.63, 3.8) is 0 Å². The monoisotopic (exact) mass is 461 g/mol. The van der Waals surface area contributed by atoms with Crippen LogP contribution in [0.4, 0.5) is 5.69 Å². The average Bonchev–Trinajstić information content (AvgIpc) is 2.99. The lowest BCUT2D eigenvalue weighted by atomic mass is 10.2. The van der Waals surface area contributed by atoms with Crippen molar-refractivity contribution in [1.29, 1.82) is 0 Å². The quantitative estimate of drug-likeness (QED) is 0.674. The van der Waals surface area contributed by atoms with Crippen LogP contribution in [0, 0.1) is 0 Å². The van der Waals surface area contributed by atoms with Crippen molar-refractivity contribution >= 4 is 27.5 Å². The molecule has 0 unspecified atom stereocenters. The molecule has 8 heteroatoms. The van der Waals surface area contributed by atoms with Crippen LogP contribution in [0.3, 0.4) is 0 Å².